The Kier molecular flexibility index (Phi) is 3.59. The highest BCUT2D eigenvalue weighted by Gasteiger charge is 2.48. The van der Waals surface area contributed by atoms with E-state index in [1.54, 1.807) is 0 Å². The van der Waals surface area contributed by atoms with Crippen LogP contribution in [0.3, 0.4) is 0 Å². The van der Waals surface area contributed by atoms with E-state index in [0.717, 1.165) is 13.2 Å². The lowest BCUT2D eigenvalue weighted by Gasteiger charge is -2.47. The van der Waals surface area contributed by atoms with Crippen LogP contribution in [0.1, 0.15) is 18.9 Å². The van der Waals surface area contributed by atoms with Gasteiger partial charge in [0.25, 0.3) is 0 Å². The lowest BCUT2D eigenvalue weighted by Crippen LogP contribution is -2.58. The van der Waals surface area contributed by atoms with E-state index in [1.807, 2.05) is 12.4 Å². The SMILES string of the molecule is CCO[C@@H]1CSC2(C1)CN(Cc1ccncc1)C2. The van der Waals surface area contributed by atoms with Gasteiger partial charge in [-0.05, 0) is 31.0 Å². The Labute approximate surface area is 113 Å². The summed E-state index contributed by atoms with van der Waals surface area (Å²) in [4.78, 5) is 6.58. The molecular weight excluding hydrogens is 244 g/mol. The van der Waals surface area contributed by atoms with Gasteiger partial charge in [-0.3, -0.25) is 9.88 Å². The van der Waals surface area contributed by atoms with Gasteiger partial charge >= 0.3 is 0 Å². The Morgan fingerprint density at radius 1 is 1.44 bits per heavy atom. The van der Waals surface area contributed by atoms with Crippen LogP contribution in [0.4, 0.5) is 0 Å². The predicted molar refractivity (Wildman–Crippen MR) is 74.7 cm³/mol. The van der Waals surface area contributed by atoms with Crippen molar-refractivity contribution in [1.29, 1.82) is 0 Å². The first kappa shape index (κ1) is 12.5. The lowest BCUT2D eigenvalue weighted by molar-refractivity contribution is 0.0417. The van der Waals surface area contributed by atoms with E-state index in [2.05, 4.69) is 40.7 Å². The highest BCUT2D eigenvalue weighted by atomic mass is 32.2. The first-order valence-electron chi connectivity index (χ1n) is 6.66. The quantitative estimate of drug-likeness (QED) is 0.832. The zero-order valence-corrected chi connectivity index (χ0v) is 11.7. The molecule has 3 rings (SSSR count). The number of rotatable bonds is 4. The van der Waals surface area contributed by atoms with Crippen LogP contribution in [0.25, 0.3) is 0 Å². The molecule has 1 atom stereocenters. The summed E-state index contributed by atoms with van der Waals surface area (Å²) in [7, 11) is 0. The zero-order chi connectivity index (χ0) is 12.4. The second-order valence-electron chi connectivity index (χ2n) is 5.28. The number of thioether (sulfide) groups is 1. The van der Waals surface area contributed by atoms with E-state index in [1.165, 1.54) is 30.8 Å². The molecule has 1 aromatic rings. The Bertz CT molecular complexity index is 392. The molecule has 4 heteroatoms. The first-order valence-corrected chi connectivity index (χ1v) is 7.65. The van der Waals surface area contributed by atoms with Gasteiger partial charge in [-0.1, -0.05) is 0 Å². The van der Waals surface area contributed by atoms with Gasteiger partial charge in [-0.25, -0.2) is 0 Å². The molecule has 0 aliphatic carbocycles. The third kappa shape index (κ3) is 2.56. The van der Waals surface area contributed by atoms with Crippen LogP contribution in [-0.2, 0) is 11.3 Å². The van der Waals surface area contributed by atoms with Crippen molar-refractivity contribution in [3.63, 3.8) is 0 Å². The van der Waals surface area contributed by atoms with Crippen LogP contribution in [0.5, 0.6) is 0 Å². The van der Waals surface area contributed by atoms with Crippen molar-refractivity contribution in [2.75, 3.05) is 25.4 Å². The van der Waals surface area contributed by atoms with Crippen LogP contribution in [0.15, 0.2) is 24.5 Å². The number of likely N-dealkylation sites (tertiary alicyclic amines) is 1. The Morgan fingerprint density at radius 2 is 2.22 bits per heavy atom. The summed E-state index contributed by atoms with van der Waals surface area (Å²) < 4.78 is 6.23. The Balaban J connectivity index is 1.49. The van der Waals surface area contributed by atoms with Gasteiger partial charge in [0.1, 0.15) is 0 Å². The minimum absolute atomic E-state index is 0.489. The average molecular weight is 264 g/mol. The van der Waals surface area contributed by atoms with Gasteiger partial charge < -0.3 is 4.74 Å². The molecule has 1 aromatic heterocycles. The second kappa shape index (κ2) is 5.19. The highest BCUT2D eigenvalue weighted by Crippen LogP contribution is 2.46. The molecule has 2 aliphatic heterocycles. The molecule has 0 unspecified atom stereocenters. The minimum atomic E-state index is 0.489. The maximum absolute atomic E-state index is 5.74. The van der Waals surface area contributed by atoms with Gasteiger partial charge in [0, 0.05) is 49.1 Å². The minimum Gasteiger partial charge on any atom is -0.378 e. The van der Waals surface area contributed by atoms with Gasteiger partial charge in [0.15, 0.2) is 0 Å². The molecule has 0 saturated carbocycles. The van der Waals surface area contributed by atoms with Crippen molar-refractivity contribution in [3.8, 4) is 0 Å². The number of aromatic nitrogens is 1. The molecule has 0 N–H and O–H groups in total. The third-order valence-corrected chi connectivity index (χ3v) is 5.33. The second-order valence-corrected chi connectivity index (χ2v) is 6.76. The maximum atomic E-state index is 5.74. The largest absolute Gasteiger partial charge is 0.378 e. The molecule has 2 fully saturated rings. The van der Waals surface area contributed by atoms with Crippen LogP contribution >= 0.6 is 11.8 Å². The molecule has 2 aliphatic rings. The fourth-order valence-electron chi connectivity index (χ4n) is 2.99. The first-order chi connectivity index (χ1) is 8.80. The van der Waals surface area contributed by atoms with E-state index in [0.29, 0.717) is 10.9 Å². The molecule has 98 valence electrons. The highest BCUT2D eigenvalue weighted by molar-refractivity contribution is 8.01. The van der Waals surface area contributed by atoms with E-state index < -0.39 is 0 Å². The van der Waals surface area contributed by atoms with Crippen molar-refractivity contribution in [3.05, 3.63) is 30.1 Å². The molecule has 18 heavy (non-hydrogen) atoms. The lowest BCUT2D eigenvalue weighted by atomic mass is 9.92. The normalized spacial score (nSPS) is 26.4. The van der Waals surface area contributed by atoms with Crippen LogP contribution < -0.4 is 0 Å². The van der Waals surface area contributed by atoms with E-state index in [9.17, 15) is 0 Å². The van der Waals surface area contributed by atoms with Crippen LogP contribution in [0.2, 0.25) is 0 Å². The average Bonchev–Trinajstić information content (AvgIpc) is 2.75. The topological polar surface area (TPSA) is 25.4 Å². The summed E-state index contributed by atoms with van der Waals surface area (Å²) in [6, 6.07) is 4.21. The summed E-state index contributed by atoms with van der Waals surface area (Å²) in [6.45, 7) is 6.42. The van der Waals surface area contributed by atoms with Gasteiger partial charge in [0.2, 0.25) is 0 Å². The molecule has 0 radical (unpaired) electrons. The van der Waals surface area contributed by atoms with Crippen molar-refractivity contribution in [2.24, 2.45) is 0 Å². The molecule has 3 heterocycles. The van der Waals surface area contributed by atoms with Crippen molar-refractivity contribution in [1.82, 2.24) is 9.88 Å². The smallest absolute Gasteiger partial charge is 0.0679 e. The summed E-state index contributed by atoms with van der Waals surface area (Å²) in [5.41, 5.74) is 1.37. The summed E-state index contributed by atoms with van der Waals surface area (Å²) in [6.07, 6.45) is 5.47. The van der Waals surface area contributed by atoms with Gasteiger partial charge in [-0.2, -0.15) is 0 Å². The Hall–Kier alpha value is -0.580. The monoisotopic (exact) mass is 264 g/mol. The Morgan fingerprint density at radius 3 is 2.94 bits per heavy atom. The fraction of sp³-hybridized carbons (Fsp3) is 0.643. The molecule has 0 amide bonds. The fourth-order valence-corrected chi connectivity index (χ4v) is 4.60. The predicted octanol–water partition coefficient (Wildman–Crippen LogP) is 2.18. The number of hydrogen-bond donors (Lipinski definition) is 0. The van der Waals surface area contributed by atoms with Gasteiger partial charge in [0.05, 0.1) is 6.10 Å². The number of nitrogens with zero attached hydrogens (tertiary/aromatic N) is 2. The number of hydrogen-bond acceptors (Lipinski definition) is 4. The zero-order valence-electron chi connectivity index (χ0n) is 10.8. The van der Waals surface area contributed by atoms with E-state index >= 15 is 0 Å². The van der Waals surface area contributed by atoms with Crippen molar-refractivity contribution in [2.45, 2.75) is 30.7 Å². The van der Waals surface area contributed by atoms with E-state index in [4.69, 9.17) is 4.74 Å². The molecule has 3 nitrogen and oxygen atoms in total. The molecule has 1 spiro atoms. The van der Waals surface area contributed by atoms with E-state index in [-0.39, 0.29) is 0 Å². The van der Waals surface area contributed by atoms with Gasteiger partial charge in [-0.15, -0.1) is 11.8 Å². The summed E-state index contributed by atoms with van der Waals surface area (Å²) in [5.74, 6) is 1.18. The number of pyridine rings is 1. The number of ether oxygens (including phenoxy) is 1. The van der Waals surface area contributed by atoms with Crippen LogP contribution in [-0.4, -0.2) is 46.2 Å². The molecule has 2 saturated heterocycles. The third-order valence-electron chi connectivity index (χ3n) is 3.76. The standard InChI is InChI=1S/C14H20N2OS/c1-2-17-13-7-14(18-9-13)10-16(11-14)8-12-3-5-15-6-4-12/h3-6,13H,2,7-11H2,1H3/t13-/m0/s1. The molecular formula is C14H20N2OS. The van der Waals surface area contributed by atoms with Crippen molar-refractivity contribution < 1.29 is 4.74 Å². The maximum Gasteiger partial charge on any atom is 0.0679 e. The summed E-state index contributed by atoms with van der Waals surface area (Å²) in [5, 5.41) is 0. The van der Waals surface area contributed by atoms with Crippen LogP contribution in [0, 0.1) is 0 Å². The summed E-state index contributed by atoms with van der Waals surface area (Å²) >= 11 is 2.11. The molecule has 0 bridgehead atoms. The van der Waals surface area contributed by atoms with Crippen molar-refractivity contribution >= 4 is 11.8 Å². The molecule has 0 aromatic carbocycles.